The number of nitrogens with one attached hydrogen (secondary N) is 1. The van der Waals surface area contributed by atoms with E-state index in [9.17, 15) is 9.90 Å². The molecular weight excluding hydrogens is 234 g/mol. The molecule has 1 aliphatic carbocycles. The van der Waals surface area contributed by atoms with E-state index in [0.29, 0.717) is 6.54 Å². The number of hydrogen-bond acceptors (Lipinski definition) is 3. The molecule has 17 heavy (non-hydrogen) atoms. The third kappa shape index (κ3) is 2.53. The summed E-state index contributed by atoms with van der Waals surface area (Å²) in [6, 6.07) is 4.04. The van der Waals surface area contributed by atoms with Gasteiger partial charge in [0.1, 0.15) is 5.54 Å². The molecule has 0 aliphatic heterocycles. The van der Waals surface area contributed by atoms with Gasteiger partial charge in [-0.25, -0.2) is 0 Å². The molecule has 0 saturated heterocycles. The number of carbonyl (C=O) groups is 1. The van der Waals surface area contributed by atoms with Gasteiger partial charge < -0.3 is 5.11 Å². The fraction of sp³-hybridized carbons (Fsp3) is 0.615. The molecule has 1 heterocycles. The van der Waals surface area contributed by atoms with E-state index in [1.165, 1.54) is 4.88 Å². The minimum absolute atomic E-state index is 0.203. The summed E-state index contributed by atoms with van der Waals surface area (Å²) < 4.78 is 0. The van der Waals surface area contributed by atoms with Crippen LogP contribution in [0.3, 0.4) is 0 Å². The highest BCUT2D eigenvalue weighted by Gasteiger charge is 2.44. The Balaban J connectivity index is 2.08. The molecule has 3 nitrogen and oxygen atoms in total. The summed E-state index contributed by atoms with van der Waals surface area (Å²) in [5, 5.41) is 14.8. The highest BCUT2D eigenvalue weighted by molar-refractivity contribution is 7.09. The zero-order valence-electron chi connectivity index (χ0n) is 10.1. The summed E-state index contributed by atoms with van der Waals surface area (Å²) in [4.78, 5) is 12.8. The maximum Gasteiger partial charge on any atom is 0.324 e. The van der Waals surface area contributed by atoms with Gasteiger partial charge in [0.05, 0.1) is 0 Å². The van der Waals surface area contributed by atoms with Crippen LogP contribution in [-0.4, -0.2) is 16.6 Å². The molecule has 0 amide bonds. The van der Waals surface area contributed by atoms with Crippen LogP contribution in [0.5, 0.6) is 0 Å². The molecule has 2 atom stereocenters. The Morgan fingerprint density at radius 3 is 3.06 bits per heavy atom. The standard InChI is InChI=1S/C13H19NO2S/c1-10-5-2-3-7-13(10,12(15)16)14-9-11-6-4-8-17-11/h4,6,8,10,14H,2-3,5,7,9H2,1H3,(H,15,16). The van der Waals surface area contributed by atoms with Crippen molar-refractivity contribution in [3.05, 3.63) is 22.4 Å². The van der Waals surface area contributed by atoms with Gasteiger partial charge in [0, 0.05) is 11.4 Å². The number of carboxylic acid groups (broad SMARTS) is 1. The Hall–Kier alpha value is -0.870. The van der Waals surface area contributed by atoms with Crippen molar-refractivity contribution in [2.24, 2.45) is 5.92 Å². The van der Waals surface area contributed by atoms with Crippen LogP contribution >= 0.6 is 11.3 Å². The Morgan fingerprint density at radius 1 is 1.65 bits per heavy atom. The second kappa shape index (κ2) is 5.19. The molecule has 2 N–H and O–H groups in total. The van der Waals surface area contributed by atoms with Crippen LogP contribution in [-0.2, 0) is 11.3 Å². The smallest absolute Gasteiger partial charge is 0.324 e. The minimum atomic E-state index is -0.720. The SMILES string of the molecule is CC1CCCCC1(NCc1cccs1)C(=O)O. The third-order valence-electron chi connectivity index (χ3n) is 3.84. The topological polar surface area (TPSA) is 49.3 Å². The van der Waals surface area contributed by atoms with Gasteiger partial charge in [0.15, 0.2) is 0 Å². The van der Waals surface area contributed by atoms with E-state index in [4.69, 9.17) is 0 Å². The number of thiophene rings is 1. The molecule has 1 fully saturated rings. The summed E-state index contributed by atoms with van der Waals surface area (Å²) in [6.45, 7) is 2.71. The van der Waals surface area contributed by atoms with Crippen LogP contribution in [0.4, 0.5) is 0 Å². The molecule has 0 spiro atoms. The van der Waals surface area contributed by atoms with E-state index in [1.807, 2.05) is 17.5 Å². The highest BCUT2D eigenvalue weighted by Crippen LogP contribution is 2.34. The Kier molecular flexibility index (Phi) is 3.84. The molecule has 4 heteroatoms. The normalized spacial score (nSPS) is 29.1. The minimum Gasteiger partial charge on any atom is -0.480 e. The Morgan fingerprint density at radius 2 is 2.47 bits per heavy atom. The molecule has 0 aromatic carbocycles. The first-order chi connectivity index (χ1) is 8.15. The number of rotatable bonds is 4. The first kappa shape index (κ1) is 12.6. The average molecular weight is 253 g/mol. The van der Waals surface area contributed by atoms with Crippen molar-refractivity contribution >= 4 is 17.3 Å². The van der Waals surface area contributed by atoms with Gasteiger partial charge in [0.25, 0.3) is 0 Å². The van der Waals surface area contributed by atoms with Crippen LogP contribution in [0.2, 0.25) is 0 Å². The molecule has 0 radical (unpaired) electrons. The molecular formula is C13H19NO2S. The lowest BCUT2D eigenvalue weighted by molar-refractivity contribution is -0.149. The number of carboxylic acids is 1. The average Bonchev–Trinajstić information content (AvgIpc) is 2.81. The maximum atomic E-state index is 11.6. The lowest BCUT2D eigenvalue weighted by atomic mass is 9.73. The van der Waals surface area contributed by atoms with Gasteiger partial charge in [-0.2, -0.15) is 0 Å². The van der Waals surface area contributed by atoms with Crippen LogP contribution in [0.1, 0.15) is 37.5 Å². The van der Waals surface area contributed by atoms with Gasteiger partial charge in [-0.1, -0.05) is 25.8 Å². The van der Waals surface area contributed by atoms with E-state index in [0.717, 1.165) is 25.7 Å². The zero-order chi connectivity index (χ0) is 12.3. The first-order valence-corrected chi connectivity index (χ1v) is 7.04. The Labute approximate surface area is 106 Å². The molecule has 94 valence electrons. The van der Waals surface area contributed by atoms with Crippen molar-refractivity contribution in [3.8, 4) is 0 Å². The van der Waals surface area contributed by atoms with E-state index in [-0.39, 0.29) is 5.92 Å². The van der Waals surface area contributed by atoms with Crippen LogP contribution in [0.15, 0.2) is 17.5 Å². The van der Waals surface area contributed by atoms with E-state index in [2.05, 4.69) is 12.2 Å². The summed E-state index contributed by atoms with van der Waals surface area (Å²) in [5.41, 5.74) is -0.720. The van der Waals surface area contributed by atoms with Crippen molar-refractivity contribution < 1.29 is 9.90 Å². The second-order valence-corrected chi connectivity index (χ2v) is 5.89. The fourth-order valence-corrected chi connectivity index (χ4v) is 3.31. The summed E-state index contributed by atoms with van der Waals surface area (Å²) in [6.07, 6.45) is 3.91. The number of hydrogen-bond donors (Lipinski definition) is 2. The van der Waals surface area contributed by atoms with Crippen molar-refractivity contribution in [2.75, 3.05) is 0 Å². The fourth-order valence-electron chi connectivity index (χ4n) is 2.66. The quantitative estimate of drug-likeness (QED) is 0.867. The van der Waals surface area contributed by atoms with E-state index >= 15 is 0 Å². The third-order valence-corrected chi connectivity index (χ3v) is 4.72. The van der Waals surface area contributed by atoms with Gasteiger partial charge >= 0.3 is 5.97 Å². The predicted molar refractivity (Wildman–Crippen MR) is 69.2 cm³/mol. The number of aliphatic carboxylic acids is 1. The lowest BCUT2D eigenvalue weighted by Gasteiger charge is -2.39. The highest BCUT2D eigenvalue weighted by atomic mass is 32.1. The monoisotopic (exact) mass is 253 g/mol. The van der Waals surface area contributed by atoms with Crippen molar-refractivity contribution in [1.29, 1.82) is 0 Å². The molecule has 1 aromatic heterocycles. The van der Waals surface area contributed by atoms with Crippen LogP contribution in [0, 0.1) is 5.92 Å². The van der Waals surface area contributed by atoms with E-state index < -0.39 is 11.5 Å². The maximum absolute atomic E-state index is 11.6. The van der Waals surface area contributed by atoms with Crippen molar-refractivity contribution in [3.63, 3.8) is 0 Å². The van der Waals surface area contributed by atoms with E-state index in [1.54, 1.807) is 11.3 Å². The molecule has 2 unspecified atom stereocenters. The predicted octanol–water partition coefficient (Wildman–Crippen LogP) is 2.87. The Bertz CT molecular complexity index is 377. The molecule has 1 aromatic rings. The van der Waals surface area contributed by atoms with Crippen LogP contribution in [0.25, 0.3) is 0 Å². The summed E-state index contributed by atoms with van der Waals surface area (Å²) in [5.74, 6) is -0.491. The lowest BCUT2D eigenvalue weighted by Crippen LogP contribution is -2.57. The molecule has 2 rings (SSSR count). The molecule has 0 bridgehead atoms. The summed E-state index contributed by atoms with van der Waals surface area (Å²) >= 11 is 1.67. The molecule has 1 aliphatic rings. The van der Waals surface area contributed by atoms with Crippen LogP contribution < -0.4 is 5.32 Å². The largest absolute Gasteiger partial charge is 0.480 e. The second-order valence-electron chi connectivity index (χ2n) is 4.86. The molecule has 1 saturated carbocycles. The van der Waals surface area contributed by atoms with Gasteiger partial charge in [-0.3, -0.25) is 10.1 Å². The van der Waals surface area contributed by atoms with Gasteiger partial charge in [0.2, 0.25) is 0 Å². The first-order valence-electron chi connectivity index (χ1n) is 6.16. The summed E-state index contributed by atoms with van der Waals surface area (Å²) in [7, 11) is 0. The van der Waals surface area contributed by atoms with Crippen molar-refractivity contribution in [1.82, 2.24) is 5.32 Å². The van der Waals surface area contributed by atoms with Gasteiger partial charge in [-0.15, -0.1) is 11.3 Å². The zero-order valence-corrected chi connectivity index (χ0v) is 10.9. The van der Waals surface area contributed by atoms with Gasteiger partial charge in [-0.05, 0) is 30.2 Å². The van der Waals surface area contributed by atoms with Crippen molar-refractivity contribution in [2.45, 2.75) is 44.7 Å².